The van der Waals surface area contributed by atoms with Crippen molar-refractivity contribution in [1.82, 2.24) is 0 Å². The van der Waals surface area contributed by atoms with Crippen LogP contribution in [0.15, 0.2) is 28.7 Å². The van der Waals surface area contributed by atoms with E-state index in [-0.39, 0.29) is 0 Å². The summed E-state index contributed by atoms with van der Waals surface area (Å²) in [5, 5.41) is 0. The van der Waals surface area contributed by atoms with E-state index in [0.29, 0.717) is 0 Å². The van der Waals surface area contributed by atoms with Crippen molar-refractivity contribution >= 4 is 24.2 Å². The number of halogens is 1. The highest BCUT2D eigenvalue weighted by atomic mass is 79.9. The Kier molecular flexibility index (Phi) is 3.70. The zero-order valence-corrected chi connectivity index (χ0v) is 10.8. The molecule has 1 aromatic carbocycles. The fourth-order valence-corrected chi connectivity index (χ4v) is 1.54. The van der Waals surface area contributed by atoms with Gasteiger partial charge in [-0.25, -0.2) is 0 Å². The summed E-state index contributed by atoms with van der Waals surface area (Å²) >= 11 is 3.39. The molecule has 0 aromatic heterocycles. The topological polar surface area (TPSA) is 9.23 Å². The van der Waals surface area contributed by atoms with Crippen LogP contribution in [-0.4, -0.2) is 8.32 Å². The minimum absolute atomic E-state index is 1.10. The molecule has 71 valence electrons. The van der Waals surface area contributed by atoms with Gasteiger partial charge in [0.25, 0.3) is 0 Å². The van der Waals surface area contributed by atoms with Gasteiger partial charge in [0.05, 0.1) is 6.61 Å². The number of hydrogen-bond acceptors (Lipinski definition) is 1. The van der Waals surface area contributed by atoms with Gasteiger partial charge in [0, 0.05) is 4.47 Å². The Balaban J connectivity index is 2.51. The normalized spacial score (nSPS) is 11.7. The Hall–Kier alpha value is -0.123. The molecule has 0 saturated heterocycles. The minimum atomic E-state index is -1.42. The Morgan fingerprint density at radius 1 is 1.15 bits per heavy atom. The minimum Gasteiger partial charge on any atom is -0.408 e. The summed E-state index contributed by atoms with van der Waals surface area (Å²) in [6.07, 6.45) is 0. The van der Waals surface area contributed by atoms with Crippen molar-refractivity contribution in [3.8, 4) is 0 Å². The van der Waals surface area contributed by atoms with E-state index in [9.17, 15) is 0 Å². The summed E-state index contributed by atoms with van der Waals surface area (Å²) in [6.45, 7) is 8.35. The quantitative estimate of drug-likeness (QED) is 0.749. The van der Waals surface area contributed by atoms with Crippen LogP contribution in [0, 0.1) is 6.61 Å². The van der Waals surface area contributed by atoms with E-state index in [4.69, 9.17) is 4.43 Å². The van der Waals surface area contributed by atoms with Crippen LogP contribution >= 0.6 is 15.9 Å². The van der Waals surface area contributed by atoms with Crippen LogP contribution in [0.1, 0.15) is 5.56 Å². The molecule has 0 spiro atoms. The zero-order valence-electron chi connectivity index (χ0n) is 8.17. The molecule has 0 aliphatic rings. The number of benzene rings is 1. The molecule has 0 N–H and O–H groups in total. The fraction of sp³-hybridized carbons (Fsp3) is 0.300. The molecule has 0 unspecified atom stereocenters. The molecule has 0 amide bonds. The maximum atomic E-state index is 5.65. The maximum Gasteiger partial charge on any atom is 0.184 e. The van der Waals surface area contributed by atoms with Crippen LogP contribution in [0.4, 0.5) is 0 Å². The third kappa shape index (κ3) is 4.60. The van der Waals surface area contributed by atoms with Crippen LogP contribution in [0.5, 0.6) is 0 Å². The van der Waals surface area contributed by atoms with E-state index in [1.54, 1.807) is 0 Å². The monoisotopic (exact) mass is 257 g/mol. The van der Waals surface area contributed by atoms with Gasteiger partial charge < -0.3 is 4.43 Å². The first-order valence-corrected chi connectivity index (χ1v) is 8.44. The van der Waals surface area contributed by atoms with Crippen LogP contribution < -0.4 is 0 Å². The van der Waals surface area contributed by atoms with Crippen molar-refractivity contribution in [3.05, 3.63) is 40.9 Å². The predicted octanol–water partition coefficient (Wildman–Crippen LogP) is 3.81. The summed E-state index contributed by atoms with van der Waals surface area (Å²) in [5.74, 6) is 0. The average molecular weight is 258 g/mol. The van der Waals surface area contributed by atoms with E-state index >= 15 is 0 Å². The maximum absolute atomic E-state index is 5.65. The smallest absolute Gasteiger partial charge is 0.184 e. The van der Waals surface area contributed by atoms with Crippen molar-refractivity contribution in [2.75, 3.05) is 0 Å². The lowest BCUT2D eigenvalue weighted by atomic mass is 10.2. The Morgan fingerprint density at radius 3 is 2.15 bits per heavy atom. The largest absolute Gasteiger partial charge is 0.408 e. The van der Waals surface area contributed by atoms with Crippen molar-refractivity contribution in [2.24, 2.45) is 0 Å². The first-order chi connectivity index (χ1) is 5.97. The molecule has 0 aliphatic carbocycles. The van der Waals surface area contributed by atoms with E-state index in [1.165, 1.54) is 0 Å². The molecule has 0 saturated carbocycles. The highest BCUT2D eigenvalue weighted by molar-refractivity contribution is 9.10. The van der Waals surface area contributed by atoms with Crippen LogP contribution in [-0.2, 0) is 4.43 Å². The van der Waals surface area contributed by atoms with Gasteiger partial charge in [0.15, 0.2) is 8.32 Å². The third-order valence-corrected chi connectivity index (χ3v) is 2.77. The molecule has 0 heterocycles. The fourth-order valence-electron chi connectivity index (χ4n) is 0.786. The summed E-state index contributed by atoms with van der Waals surface area (Å²) in [7, 11) is -1.42. The van der Waals surface area contributed by atoms with Crippen molar-refractivity contribution in [1.29, 1.82) is 0 Å². The lowest BCUT2D eigenvalue weighted by Crippen LogP contribution is -2.23. The molecule has 1 aromatic rings. The Labute approximate surface area is 89.4 Å². The van der Waals surface area contributed by atoms with Crippen molar-refractivity contribution in [3.63, 3.8) is 0 Å². The van der Waals surface area contributed by atoms with Gasteiger partial charge in [-0.3, -0.25) is 0 Å². The summed E-state index contributed by atoms with van der Waals surface area (Å²) in [4.78, 5) is 0. The van der Waals surface area contributed by atoms with Gasteiger partial charge in [0.1, 0.15) is 0 Å². The van der Waals surface area contributed by atoms with Crippen LogP contribution in [0.2, 0.25) is 19.6 Å². The van der Waals surface area contributed by atoms with Crippen molar-refractivity contribution in [2.45, 2.75) is 19.6 Å². The van der Waals surface area contributed by atoms with E-state index in [1.807, 2.05) is 30.9 Å². The average Bonchev–Trinajstić information content (AvgIpc) is 2.02. The number of hydrogen-bond donors (Lipinski definition) is 0. The molecule has 0 atom stereocenters. The molecule has 1 rings (SSSR count). The van der Waals surface area contributed by atoms with Crippen LogP contribution in [0.3, 0.4) is 0 Å². The second-order valence-corrected chi connectivity index (χ2v) is 9.28. The van der Waals surface area contributed by atoms with Gasteiger partial charge in [-0.15, -0.1) is 0 Å². The van der Waals surface area contributed by atoms with Gasteiger partial charge in [-0.05, 0) is 37.3 Å². The Bertz CT molecular complexity index is 263. The lowest BCUT2D eigenvalue weighted by Gasteiger charge is -2.16. The van der Waals surface area contributed by atoms with Gasteiger partial charge in [-0.1, -0.05) is 28.1 Å². The van der Waals surface area contributed by atoms with Crippen LogP contribution in [0.25, 0.3) is 0 Å². The molecular formula is C10H14BrOSi. The lowest BCUT2D eigenvalue weighted by molar-refractivity contribution is 0.425. The van der Waals surface area contributed by atoms with E-state index in [2.05, 4.69) is 35.6 Å². The molecule has 1 nitrogen and oxygen atoms in total. The SMILES string of the molecule is C[Si](C)(C)O[CH]c1ccc(Br)cc1. The first-order valence-electron chi connectivity index (χ1n) is 4.24. The third-order valence-electron chi connectivity index (χ3n) is 1.42. The van der Waals surface area contributed by atoms with E-state index < -0.39 is 8.32 Å². The summed E-state index contributed by atoms with van der Waals surface area (Å²) in [5.41, 5.74) is 1.12. The molecule has 0 bridgehead atoms. The predicted molar refractivity (Wildman–Crippen MR) is 62.0 cm³/mol. The highest BCUT2D eigenvalue weighted by Crippen LogP contribution is 2.14. The second kappa shape index (κ2) is 4.40. The van der Waals surface area contributed by atoms with Gasteiger partial charge in [0.2, 0.25) is 0 Å². The molecule has 0 aliphatic heterocycles. The van der Waals surface area contributed by atoms with Gasteiger partial charge in [-0.2, -0.15) is 0 Å². The molecule has 0 fully saturated rings. The molecular weight excluding hydrogens is 244 g/mol. The zero-order chi connectivity index (χ0) is 9.90. The van der Waals surface area contributed by atoms with Crippen molar-refractivity contribution < 1.29 is 4.43 Å². The molecule has 3 heteroatoms. The number of rotatable bonds is 3. The first kappa shape index (κ1) is 11.0. The van der Waals surface area contributed by atoms with Gasteiger partial charge >= 0.3 is 0 Å². The second-order valence-electron chi connectivity index (χ2n) is 3.90. The molecule has 1 radical (unpaired) electrons. The van der Waals surface area contributed by atoms with E-state index in [0.717, 1.165) is 10.0 Å². The Morgan fingerprint density at radius 2 is 1.69 bits per heavy atom. The summed E-state index contributed by atoms with van der Waals surface area (Å²) < 4.78 is 6.75. The molecule has 13 heavy (non-hydrogen) atoms. The highest BCUT2D eigenvalue weighted by Gasteiger charge is 2.13. The summed E-state index contributed by atoms with van der Waals surface area (Å²) in [6, 6.07) is 8.09. The standard InChI is InChI=1S/C10H14BrOSi/c1-13(2,3)12-8-9-4-6-10(11)7-5-9/h4-8H,1-3H3.